The van der Waals surface area contributed by atoms with Crippen LogP contribution in [0.4, 0.5) is 0 Å². The zero-order valence-electron chi connectivity index (χ0n) is 8.18. The maximum Gasteiger partial charge on any atom is 0.00389 e. The highest BCUT2D eigenvalue weighted by Gasteiger charge is 2.27. The fraction of sp³-hybridized carbons (Fsp3) is 1.00. The summed E-state index contributed by atoms with van der Waals surface area (Å²) in [7, 11) is 0. The first kappa shape index (κ1) is 8.55. The Balaban J connectivity index is 1.80. The lowest BCUT2D eigenvalue weighted by molar-refractivity contribution is 0.239. The van der Waals surface area contributed by atoms with Gasteiger partial charge < -0.3 is 5.32 Å². The van der Waals surface area contributed by atoms with Crippen LogP contribution in [-0.4, -0.2) is 12.6 Å². The number of rotatable bonds is 1. The van der Waals surface area contributed by atoms with Crippen molar-refractivity contribution in [2.45, 2.75) is 51.5 Å². The average molecular weight is 167 g/mol. The summed E-state index contributed by atoms with van der Waals surface area (Å²) >= 11 is 0. The van der Waals surface area contributed by atoms with Crippen molar-refractivity contribution < 1.29 is 0 Å². The van der Waals surface area contributed by atoms with E-state index in [1.165, 1.54) is 45.1 Å². The Labute approximate surface area is 75.9 Å². The second-order valence-electron chi connectivity index (χ2n) is 4.69. The van der Waals surface area contributed by atoms with Gasteiger partial charge in [-0.2, -0.15) is 0 Å². The average Bonchev–Trinajstić information content (AvgIpc) is 2.58. The lowest BCUT2D eigenvalue weighted by Gasteiger charge is -2.31. The predicted octanol–water partition coefficient (Wildman–Crippen LogP) is 2.56. The highest BCUT2D eigenvalue weighted by Crippen LogP contribution is 2.34. The molecular formula is C11H21N. The Morgan fingerprint density at radius 3 is 2.25 bits per heavy atom. The predicted molar refractivity (Wildman–Crippen MR) is 52.1 cm³/mol. The minimum atomic E-state index is 0.780. The topological polar surface area (TPSA) is 12.0 Å². The van der Waals surface area contributed by atoms with Gasteiger partial charge in [0.25, 0.3) is 0 Å². The molecule has 0 radical (unpaired) electrons. The first-order chi connectivity index (χ1) is 5.86. The van der Waals surface area contributed by atoms with E-state index in [-0.39, 0.29) is 0 Å². The van der Waals surface area contributed by atoms with Gasteiger partial charge in [-0.1, -0.05) is 25.7 Å². The zero-order valence-corrected chi connectivity index (χ0v) is 8.18. The molecule has 1 saturated carbocycles. The summed E-state index contributed by atoms with van der Waals surface area (Å²) in [6, 6.07) is 0.780. The molecule has 1 heterocycles. The monoisotopic (exact) mass is 167 g/mol. The summed E-state index contributed by atoms with van der Waals surface area (Å²) in [5, 5.41) is 3.61. The molecule has 0 spiro atoms. The molecule has 1 saturated heterocycles. The van der Waals surface area contributed by atoms with E-state index in [1.54, 1.807) is 0 Å². The van der Waals surface area contributed by atoms with Gasteiger partial charge in [0.2, 0.25) is 0 Å². The van der Waals surface area contributed by atoms with Crippen LogP contribution in [0.2, 0.25) is 0 Å². The van der Waals surface area contributed by atoms with Crippen LogP contribution in [0.3, 0.4) is 0 Å². The van der Waals surface area contributed by atoms with Crippen LogP contribution in [0.25, 0.3) is 0 Å². The van der Waals surface area contributed by atoms with E-state index in [1.807, 2.05) is 0 Å². The van der Waals surface area contributed by atoms with Crippen molar-refractivity contribution >= 4 is 0 Å². The Morgan fingerprint density at radius 1 is 0.917 bits per heavy atom. The second kappa shape index (κ2) is 3.78. The molecule has 1 heteroatoms. The summed E-state index contributed by atoms with van der Waals surface area (Å²) in [5.74, 6) is 2.09. The number of piperidine rings is 1. The minimum Gasteiger partial charge on any atom is -0.314 e. The quantitative estimate of drug-likeness (QED) is 0.633. The van der Waals surface area contributed by atoms with E-state index in [0.717, 1.165) is 17.9 Å². The van der Waals surface area contributed by atoms with Crippen molar-refractivity contribution in [3.8, 4) is 0 Å². The number of hydrogen-bond donors (Lipinski definition) is 1. The molecule has 1 aliphatic heterocycles. The van der Waals surface area contributed by atoms with E-state index in [4.69, 9.17) is 0 Å². The van der Waals surface area contributed by atoms with Gasteiger partial charge in [0.05, 0.1) is 0 Å². The van der Waals surface area contributed by atoms with E-state index in [9.17, 15) is 0 Å². The third-order valence-electron chi connectivity index (χ3n) is 3.77. The maximum atomic E-state index is 3.61. The van der Waals surface area contributed by atoms with Crippen molar-refractivity contribution in [3.05, 3.63) is 0 Å². The molecule has 1 N–H and O–H groups in total. The Bertz CT molecular complexity index is 130. The van der Waals surface area contributed by atoms with Crippen molar-refractivity contribution in [1.82, 2.24) is 5.32 Å². The van der Waals surface area contributed by atoms with Crippen LogP contribution >= 0.6 is 0 Å². The van der Waals surface area contributed by atoms with E-state index in [2.05, 4.69) is 12.2 Å². The molecule has 0 aromatic rings. The van der Waals surface area contributed by atoms with Gasteiger partial charge in [0, 0.05) is 6.04 Å². The van der Waals surface area contributed by atoms with Crippen molar-refractivity contribution in [2.24, 2.45) is 11.8 Å². The molecular weight excluding hydrogens is 146 g/mol. The molecule has 1 nitrogen and oxygen atoms in total. The van der Waals surface area contributed by atoms with Crippen molar-refractivity contribution in [3.63, 3.8) is 0 Å². The van der Waals surface area contributed by atoms with E-state index >= 15 is 0 Å². The largest absolute Gasteiger partial charge is 0.314 e. The standard InChI is InChI=1S/C11H21N/c1-9-6-7-11(8-12-9)10-4-2-3-5-10/h9-12H,2-8H2,1H3. The van der Waals surface area contributed by atoms with Gasteiger partial charge in [-0.25, -0.2) is 0 Å². The summed E-state index contributed by atoms with van der Waals surface area (Å²) in [6.45, 7) is 3.61. The highest BCUT2D eigenvalue weighted by molar-refractivity contribution is 4.82. The third-order valence-corrected chi connectivity index (χ3v) is 3.77. The van der Waals surface area contributed by atoms with Crippen LogP contribution in [-0.2, 0) is 0 Å². The lowest BCUT2D eigenvalue weighted by Crippen LogP contribution is -2.39. The summed E-state index contributed by atoms with van der Waals surface area (Å²) in [4.78, 5) is 0. The highest BCUT2D eigenvalue weighted by atomic mass is 14.9. The Hall–Kier alpha value is -0.0400. The van der Waals surface area contributed by atoms with Crippen LogP contribution < -0.4 is 5.32 Å². The molecule has 0 bridgehead atoms. The number of nitrogens with one attached hydrogen (secondary N) is 1. The summed E-state index contributed by atoms with van der Waals surface area (Å²) < 4.78 is 0. The Morgan fingerprint density at radius 2 is 1.67 bits per heavy atom. The third kappa shape index (κ3) is 1.82. The van der Waals surface area contributed by atoms with Crippen LogP contribution in [0.5, 0.6) is 0 Å². The van der Waals surface area contributed by atoms with Gasteiger partial charge in [-0.15, -0.1) is 0 Å². The van der Waals surface area contributed by atoms with Gasteiger partial charge >= 0.3 is 0 Å². The summed E-state index contributed by atoms with van der Waals surface area (Å²) in [5.41, 5.74) is 0. The molecule has 2 fully saturated rings. The van der Waals surface area contributed by atoms with Crippen LogP contribution in [0.1, 0.15) is 45.4 Å². The molecule has 1 aliphatic carbocycles. The molecule has 0 amide bonds. The fourth-order valence-electron chi connectivity index (χ4n) is 2.85. The SMILES string of the molecule is CC1CCC(C2CCCC2)CN1. The second-order valence-corrected chi connectivity index (χ2v) is 4.69. The maximum absolute atomic E-state index is 3.61. The lowest BCUT2D eigenvalue weighted by atomic mass is 9.83. The zero-order chi connectivity index (χ0) is 8.39. The van der Waals surface area contributed by atoms with Gasteiger partial charge in [0.15, 0.2) is 0 Å². The first-order valence-electron chi connectivity index (χ1n) is 5.59. The fourth-order valence-corrected chi connectivity index (χ4v) is 2.85. The molecule has 12 heavy (non-hydrogen) atoms. The Kier molecular flexibility index (Phi) is 2.69. The molecule has 70 valence electrons. The molecule has 2 unspecified atom stereocenters. The van der Waals surface area contributed by atoms with Crippen molar-refractivity contribution in [1.29, 1.82) is 0 Å². The van der Waals surface area contributed by atoms with E-state index in [0.29, 0.717) is 0 Å². The van der Waals surface area contributed by atoms with Crippen LogP contribution in [0, 0.1) is 11.8 Å². The first-order valence-corrected chi connectivity index (χ1v) is 5.59. The normalized spacial score (nSPS) is 38.8. The molecule has 0 aromatic heterocycles. The smallest absolute Gasteiger partial charge is 0.00389 e. The van der Waals surface area contributed by atoms with Crippen LogP contribution in [0.15, 0.2) is 0 Å². The van der Waals surface area contributed by atoms with Gasteiger partial charge in [-0.3, -0.25) is 0 Å². The van der Waals surface area contributed by atoms with E-state index < -0.39 is 0 Å². The molecule has 0 aromatic carbocycles. The molecule has 2 rings (SSSR count). The van der Waals surface area contributed by atoms with Crippen molar-refractivity contribution in [2.75, 3.05) is 6.54 Å². The van der Waals surface area contributed by atoms with Gasteiger partial charge in [-0.05, 0) is 38.1 Å². The molecule has 2 atom stereocenters. The number of hydrogen-bond acceptors (Lipinski definition) is 1. The molecule has 2 aliphatic rings. The minimum absolute atomic E-state index is 0.780. The van der Waals surface area contributed by atoms with Gasteiger partial charge in [0.1, 0.15) is 0 Å². The summed E-state index contributed by atoms with van der Waals surface area (Å²) in [6.07, 6.45) is 8.91.